The first-order valence-corrected chi connectivity index (χ1v) is 13.6. The Balaban J connectivity index is 1.77. The van der Waals surface area contributed by atoms with Crippen LogP contribution in [0.5, 0.6) is 0 Å². The summed E-state index contributed by atoms with van der Waals surface area (Å²) in [6.45, 7) is -0.446. The third-order valence-electron chi connectivity index (χ3n) is 5.55. The van der Waals surface area contributed by atoms with Crippen LogP contribution in [0.25, 0.3) is 0 Å². The average molecular weight is 604 g/mol. The van der Waals surface area contributed by atoms with Gasteiger partial charge < -0.3 is 4.74 Å². The zero-order valence-corrected chi connectivity index (χ0v) is 21.7. The van der Waals surface area contributed by atoms with E-state index in [2.05, 4.69) is 20.7 Å². The van der Waals surface area contributed by atoms with E-state index >= 15 is 0 Å². The fourth-order valence-electron chi connectivity index (χ4n) is 3.76. The van der Waals surface area contributed by atoms with Gasteiger partial charge in [0.2, 0.25) is 10.0 Å². The first kappa shape index (κ1) is 26.6. The number of fused-ring (bicyclic) bond motifs is 1. The summed E-state index contributed by atoms with van der Waals surface area (Å²) in [6.07, 6.45) is -4.94. The molecule has 0 saturated heterocycles. The summed E-state index contributed by atoms with van der Waals surface area (Å²) < 4.78 is 87.1. The highest BCUT2D eigenvalue weighted by atomic mass is 79.9. The molecule has 190 valence electrons. The van der Waals surface area contributed by atoms with Crippen molar-refractivity contribution >= 4 is 43.7 Å². The van der Waals surface area contributed by atoms with Crippen molar-refractivity contribution in [2.75, 3.05) is 7.11 Å². The number of ether oxygens (including phenoxy) is 1. The number of hydrogen-bond acceptors (Lipinski definition) is 5. The molecule has 4 rings (SSSR count). The maximum absolute atomic E-state index is 13.9. The average Bonchev–Trinajstić information content (AvgIpc) is 3.18. The van der Waals surface area contributed by atoms with Gasteiger partial charge in [-0.2, -0.15) is 17.5 Å². The number of sulfonamides is 1. The third-order valence-corrected chi connectivity index (χ3v) is 10.3. The Morgan fingerprint density at radius 2 is 1.75 bits per heavy atom. The zero-order chi connectivity index (χ0) is 26.3. The van der Waals surface area contributed by atoms with Crippen LogP contribution in [0.1, 0.15) is 31.9 Å². The van der Waals surface area contributed by atoms with Gasteiger partial charge in [0.25, 0.3) is 0 Å². The summed E-state index contributed by atoms with van der Waals surface area (Å²) in [7, 11) is -3.09. The van der Waals surface area contributed by atoms with Crippen molar-refractivity contribution in [3.63, 3.8) is 0 Å². The van der Waals surface area contributed by atoms with Gasteiger partial charge in [0.05, 0.1) is 33.3 Å². The van der Waals surface area contributed by atoms with E-state index in [0.29, 0.717) is 12.1 Å². The fraction of sp³-hybridized carbons (Fsp3) is 0.208. The zero-order valence-electron chi connectivity index (χ0n) is 18.5. The van der Waals surface area contributed by atoms with Crippen molar-refractivity contribution in [1.29, 1.82) is 0 Å². The van der Waals surface area contributed by atoms with Gasteiger partial charge in [-0.15, -0.1) is 11.8 Å². The molecule has 0 spiro atoms. The summed E-state index contributed by atoms with van der Waals surface area (Å²) >= 11 is 4.80. The predicted octanol–water partition coefficient (Wildman–Crippen LogP) is 6.39. The summed E-state index contributed by atoms with van der Waals surface area (Å²) in [5.74, 6) is -2.09. The molecule has 0 bridgehead atoms. The highest BCUT2D eigenvalue weighted by Gasteiger charge is 2.42. The van der Waals surface area contributed by atoms with E-state index in [1.165, 1.54) is 43.1 Å². The van der Waals surface area contributed by atoms with E-state index in [0.717, 1.165) is 20.8 Å². The Morgan fingerprint density at radius 3 is 2.36 bits per heavy atom. The minimum absolute atomic E-state index is 0.0327. The molecule has 2 atom stereocenters. The highest BCUT2D eigenvalue weighted by Crippen LogP contribution is 2.51. The molecule has 5 nitrogen and oxygen atoms in total. The second kappa shape index (κ2) is 10.2. The monoisotopic (exact) mass is 603 g/mol. The summed E-state index contributed by atoms with van der Waals surface area (Å²) in [5, 5.41) is -0.757. The van der Waals surface area contributed by atoms with Crippen molar-refractivity contribution in [2.45, 2.75) is 32.7 Å². The number of esters is 1. The van der Waals surface area contributed by atoms with Crippen molar-refractivity contribution in [3.05, 3.63) is 94.8 Å². The van der Waals surface area contributed by atoms with Crippen LogP contribution in [-0.4, -0.2) is 31.2 Å². The van der Waals surface area contributed by atoms with Gasteiger partial charge in [-0.25, -0.2) is 17.6 Å². The normalized spacial score (nSPS) is 17.8. The Bertz CT molecular complexity index is 1400. The van der Waals surface area contributed by atoms with E-state index in [1.807, 2.05) is 12.1 Å². The summed E-state index contributed by atoms with van der Waals surface area (Å²) in [5.41, 5.74) is -0.534. The molecule has 3 aromatic rings. The van der Waals surface area contributed by atoms with Crippen LogP contribution in [0.2, 0.25) is 0 Å². The van der Waals surface area contributed by atoms with Crippen LogP contribution in [0.15, 0.2) is 76.5 Å². The molecule has 0 aliphatic carbocycles. The quantitative estimate of drug-likeness (QED) is 0.186. The lowest BCUT2D eigenvalue weighted by Gasteiger charge is -2.30. The van der Waals surface area contributed by atoms with Gasteiger partial charge in [0, 0.05) is 11.4 Å². The van der Waals surface area contributed by atoms with Gasteiger partial charge in [-0.3, -0.25) is 0 Å². The second-order valence-electron chi connectivity index (χ2n) is 7.83. The van der Waals surface area contributed by atoms with Gasteiger partial charge >= 0.3 is 12.1 Å². The van der Waals surface area contributed by atoms with Crippen LogP contribution in [-0.2, 0) is 27.5 Å². The van der Waals surface area contributed by atoms with E-state index in [-0.39, 0.29) is 16.0 Å². The minimum Gasteiger partial charge on any atom is -0.465 e. The molecular weight excluding hydrogens is 586 g/mol. The molecule has 0 fully saturated rings. The maximum Gasteiger partial charge on any atom is 0.419 e. The number of halogens is 5. The molecule has 0 amide bonds. The summed E-state index contributed by atoms with van der Waals surface area (Å²) in [6, 6.07) is 14.7. The minimum atomic E-state index is -4.94. The molecule has 0 saturated carbocycles. The largest absolute Gasteiger partial charge is 0.465 e. The van der Waals surface area contributed by atoms with Crippen molar-refractivity contribution < 1.29 is 35.5 Å². The molecule has 12 heteroatoms. The van der Waals surface area contributed by atoms with Crippen LogP contribution in [0.4, 0.5) is 17.6 Å². The molecule has 0 aromatic heterocycles. The molecule has 1 heterocycles. The lowest BCUT2D eigenvalue weighted by Crippen LogP contribution is -2.38. The third kappa shape index (κ3) is 5.17. The molecule has 0 radical (unpaired) electrons. The van der Waals surface area contributed by atoms with Gasteiger partial charge in [0.1, 0.15) is 5.82 Å². The van der Waals surface area contributed by atoms with Crippen molar-refractivity contribution in [1.82, 2.24) is 4.31 Å². The number of thioether (sulfide) groups is 1. The molecule has 3 aromatic carbocycles. The molecular formula is C24H18BrF4NO4S2. The Morgan fingerprint density at radius 1 is 1.08 bits per heavy atom. The summed E-state index contributed by atoms with van der Waals surface area (Å²) in [4.78, 5) is 11.9. The Labute approximate surface area is 217 Å². The van der Waals surface area contributed by atoms with E-state index in [4.69, 9.17) is 0 Å². The topological polar surface area (TPSA) is 63.7 Å². The molecule has 1 aliphatic rings. The molecule has 2 unspecified atom stereocenters. The van der Waals surface area contributed by atoms with Crippen molar-refractivity contribution in [2.24, 2.45) is 0 Å². The lowest BCUT2D eigenvalue weighted by molar-refractivity contribution is -0.140. The highest BCUT2D eigenvalue weighted by molar-refractivity contribution is 9.09. The number of hydrogen-bond donors (Lipinski definition) is 0. The second-order valence-corrected chi connectivity index (χ2v) is 11.9. The van der Waals surface area contributed by atoms with Crippen LogP contribution in [0.3, 0.4) is 0 Å². The standard InChI is InChI=1S/C24H18BrF4NO4S2/c1-34-23(31)15-7-9-16(10-8-15)36(32,33)30(22-21(25)17-4-2-3-5-20(17)35-22)13-14-6-11-19(26)18(12-14)24(27,28)29/h2-12,21-22H,13H2,1H3. The van der Waals surface area contributed by atoms with Gasteiger partial charge in [-0.1, -0.05) is 40.2 Å². The SMILES string of the molecule is COC(=O)c1ccc(S(=O)(=O)N(Cc2ccc(F)c(C(F)(F)F)c2)C2Sc3ccccc3C2Br)cc1. The van der Waals surface area contributed by atoms with Gasteiger partial charge in [-0.05, 0) is 53.6 Å². The fourth-order valence-corrected chi connectivity index (χ4v) is 8.22. The number of alkyl halides is 4. The maximum atomic E-state index is 13.9. The smallest absolute Gasteiger partial charge is 0.419 e. The Kier molecular flexibility index (Phi) is 7.52. The lowest BCUT2D eigenvalue weighted by atomic mass is 10.1. The van der Waals surface area contributed by atoms with Crippen LogP contribution in [0, 0.1) is 5.82 Å². The van der Waals surface area contributed by atoms with E-state index in [1.54, 1.807) is 12.1 Å². The molecule has 36 heavy (non-hydrogen) atoms. The number of carbonyl (C=O) groups is 1. The Hall–Kier alpha value is -2.41. The van der Waals surface area contributed by atoms with Crippen LogP contribution < -0.4 is 0 Å². The number of benzene rings is 3. The number of rotatable bonds is 6. The predicted molar refractivity (Wildman–Crippen MR) is 130 cm³/mol. The number of carbonyl (C=O) groups excluding carboxylic acids is 1. The van der Waals surface area contributed by atoms with Gasteiger partial charge in [0.15, 0.2) is 0 Å². The first-order chi connectivity index (χ1) is 16.9. The molecule has 0 N–H and O–H groups in total. The number of nitrogens with zero attached hydrogens (tertiary/aromatic N) is 1. The van der Waals surface area contributed by atoms with E-state index in [9.17, 15) is 30.8 Å². The van der Waals surface area contributed by atoms with E-state index < -0.39 is 50.3 Å². The van der Waals surface area contributed by atoms with Crippen molar-refractivity contribution in [3.8, 4) is 0 Å². The molecule has 1 aliphatic heterocycles. The first-order valence-electron chi connectivity index (χ1n) is 10.4. The number of methoxy groups -OCH3 is 1. The van der Waals surface area contributed by atoms with Crippen LogP contribution >= 0.6 is 27.7 Å².